The molecule has 1 atom stereocenters. The molecule has 1 aliphatic rings. The maximum atomic E-state index is 12.4. The third kappa shape index (κ3) is 2.77. The van der Waals surface area contributed by atoms with Gasteiger partial charge in [-0.1, -0.05) is 54.4 Å². The lowest BCUT2D eigenvalue weighted by atomic mass is 9.81. The predicted molar refractivity (Wildman–Crippen MR) is 78.8 cm³/mol. The molecule has 2 rings (SSSR count). The highest BCUT2D eigenvalue weighted by Crippen LogP contribution is 2.43. The number of alkyl halides is 1. The van der Waals surface area contributed by atoms with Crippen molar-refractivity contribution in [3.63, 3.8) is 0 Å². The summed E-state index contributed by atoms with van der Waals surface area (Å²) in [5, 5.41) is 3.85. The van der Waals surface area contributed by atoms with Crippen LogP contribution in [0.15, 0.2) is 24.3 Å². The van der Waals surface area contributed by atoms with E-state index >= 15 is 0 Å². The molecular formula is C15H20BrNO. The Labute approximate surface area is 117 Å². The first-order chi connectivity index (χ1) is 8.54. The van der Waals surface area contributed by atoms with Crippen LogP contribution >= 0.6 is 15.9 Å². The molecule has 98 valence electrons. The topological polar surface area (TPSA) is 29.1 Å². The van der Waals surface area contributed by atoms with Crippen molar-refractivity contribution in [2.45, 2.75) is 38.4 Å². The van der Waals surface area contributed by atoms with Crippen molar-refractivity contribution >= 4 is 27.5 Å². The van der Waals surface area contributed by atoms with Crippen LogP contribution in [0.4, 0.5) is 5.69 Å². The van der Waals surface area contributed by atoms with Crippen molar-refractivity contribution in [3.8, 4) is 0 Å². The van der Waals surface area contributed by atoms with Crippen LogP contribution in [0.3, 0.4) is 0 Å². The summed E-state index contributed by atoms with van der Waals surface area (Å²) in [6.45, 7) is 4.39. The van der Waals surface area contributed by atoms with Gasteiger partial charge in [0.2, 0.25) is 5.91 Å². The molecule has 0 bridgehead atoms. The average Bonchev–Trinajstić information content (AvgIpc) is 2.69. The van der Waals surface area contributed by atoms with Crippen molar-refractivity contribution in [3.05, 3.63) is 29.8 Å². The molecule has 1 unspecified atom stereocenters. The second-order valence-electron chi connectivity index (χ2n) is 5.71. The number of para-hydroxylation sites is 1. The van der Waals surface area contributed by atoms with E-state index < -0.39 is 0 Å². The Balaban J connectivity index is 2.12. The zero-order chi connectivity index (χ0) is 13.2. The van der Waals surface area contributed by atoms with Crippen LogP contribution in [0.2, 0.25) is 0 Å². The zero-order valence-electron chi connectivity index (χ0n) is 11.0. The van der Waals surface area contributed by atoms with Gasteiger partial charge in [0.05, 0.1) is 0 Å². The van der Waals surface area contributed by atoms with E-state index in [0.717, 1.165) is 35.8 Å². The van der Waals surface area contributed by atoms with E-state index in [0.29, 0.717) is 0 Å². The molecule has 0 radical (unpaired) electrons. The van der Waals surface area contributed by atoms with Crippen molar-refractivity contribution < 1.29 is 4.79 Å². The van der Waals surface area contributed by atoms with Gasteiger partial charge in [-0.25, -0.2) is 0 Å². The van der Waals surface area contributed by atoms with Crippen molar-refractivity contribution in [2.75, 3.05) is 5.32 Å². The Hall–Kier alpha value is -0.830. The van der Waals surface area contributed by atoms with Crippen LogP contribution in [0.1, 0.15) is 38.7 Å². The monoisotopic (exact) mass is 309 g/mol. The number of halogens is 1. The molecule has 0 spiro atoms. The second kappa shape index (κ2) is 5.43. The number of rotatable bonds is 3. The standard InChI is InChI=1S/C15H20BrNO/c1-15(2)9-5-7-12(15)14(18)17-13-8-4-3-6-11(13)10-16/h3-4,6,8,12H,5,7,9-10H2,1-2H3,(H,17,18). The first kappa shape index (κ1) is 13.6. The van der Waals surface area contributed by atoms with Crippen LogP contribution in [-0.2, 0) is 10.1 Å². The SMILES string of the molecule is CC1(C)CCCC1C(=O)Nc1ccccc1CBr. The molecule has 1 aliphatic carbocycles. The van der Waals surface area contributed by atoms with Gasteiger partial charge in [-0.2, -0.15) is 0 Å². The first-order valence-electron chi connectivity index (χ1n) is 6.49. The molecule has 0 aromatic heterocycles. The maximum absolute atomic E-state index is 12.4. The van der Waals surface area contributed by atoms with Gasteiger partial charge in [-0.3, -0.25) is 4.79 Å². The number of amides is 1. The van der Waals surface area contributed by atoms with Crippen molar-refractivity contribution in [1.82, 2.24) is 0 Å². The van der Waals surface area contributed by atoms with Crippen molar-refractivity contribution in [2.24, 2.45) is 11.3 Å². The molecule has 0 aliphatic heterocycles. The molecule has 0 heterocycles. The smallest absolute Gasteiger partial charge is 0.228 e. The van der Waals surface area contributed by atoms with E-state index in [9.17, 15) is 4.79 Å². The normalized spacial score (nSPS) is 21.8. The summed E-state index contributed by atoms with van der Waals surface area (Å²) in [5.41, 5.74) is 2.19. The molecule has 1 aromatic rings. The Morgan fingerprint density at radius 3 is 2.78 bits per heavy atom. The number of nitrogens with one attached hydrogen (secondary N) is 1. The molecule has 2 nitrogen and oxygen atoms in total. The van der Waals surface area contributed by atoms with Gasteiger partial charge in [0.1, 0.15) is 0 Å². The minimum atomic E-state index is 0.132. The highest BCUT2D eigenvalue weighted by Gasteiger charge is 2.39. The second-order valence-corrected chi connectivity index (χ2v) is 6.27. The lowest BCUT2D eigenvalue weighted by molar-refractivity contribution is -0.122. The third-order valence-electron chi connectivity index (χ3n) is 3.99. The number of carbonyl (C=O) groups is 1. The molecule has 0 saturated heterocycles. The molecule has 3 heteroatoms. The summed E-state index contributed by atoms with van der Waals surface area (Å²) >= 11 is 3.45. The predicted octanol–water partition coefficient (Wildman–Crippen LogP) is 4.35. The van der Waals surface area contributed by atoms with Gasteiger partial charge >= 0.3 is 0 Å². The molecular weight excluding hydrogens is 290 g/mol. The van der Waals surface area contributed by atoms with Crippen LogP contribution in [0, 0.1) is 11.3 Å². The van der Waals surface area contributed by atoms with Crippen LogP contribution < -0.4 is 5.32 Å². The Morgan fingerprint density at radius 1 is 1.44 bits per heavy atom. The molecule has 1 amide bonds. The Bertz CT molecular complexity index is 442. The lowest BCUT2D eigenvalue weighted by Crippen LogP contribution is -2.31. The van der Waals surface area contributed by atoms with Gasteiger partial charge < -0.3 is 5.32 Å². The summed E-state index contributed by atoms with van der Waals surface area (Å²) < 4.78 is 0. The van der Waals surface area contributed by atoms with E-state index in [1.165, 1.54) is 0 Å². The number of benzene rings is 1. The first-order valence-corrected chi connectivity index (χ1v) is 7.61. The number of carbonyl (C=O) groups excluding carboxylic acids is 1. The third-order valence-corrected chi connectivity index (χ3v) is 4.60. The van der Waals surface area contributed by atoms with E-state index in [1.54, 1.807) is 0 Å². The van der Waals surface area contributed by atoms with Gasteiger partial charge in [0.25, 0.3) is 0 Å². The Kier molecular flexibility index (Phi) is 4.10. The van der Waals surface area contributed by atoms with Crippen molar-refractivity contribution in [1.29, 1.82) is 0 Å². The summed E-state index contributed by atoms with van der Waals surface area (Å²) in [5.74, 6) is 0.312. The number of hydrogen-bond acceptors (Lipinski definition) is 1. The van der Waals surface area contributed by atoms with Gasteiger partial charge in [-0.05, 0) is 29.9 Å². The summed E-state index contributed by atoms with van der Waals surface area (Å²) in [4.78, 5) is 12.4. The fourth-order valence-corrected chi connectivity index (χ4v) is 3.28. The Morgan fingerprint density at radius 2 is 2.17 bits per heavy atom. The quantitative estimate of drug-likeness (QED) is 0.826. The van der Waals surface area contributed by atoms with E-state index in [1.807, 2.05) is 24.3 Å². The van der Waals surface area contributed by atoms with E-state index in [2.05, 4.69) is 35.1 Å². The average molecular weight is 310 g/mol. The number of hydrogen-bond donors (Lipinski definition) is 1. The minimum Gasteiger partial charge on any atom is -0.326 e. The van der Waals surface area contributed by atoms with Crippen LogP contribution in [-0.4, -0.2) is 5.91 Å². The highest BCUT2D eigenvalue weighted by molar-refractivity contribution is 9.08. The van der Waals surface area contributed by atoms with E-state index in [4.69, 9.17) is 0 Å². The largest absolute Gasteiger partial charge is 0.326 e. The van der Waals surface area contributed by atoms with Crippen LogP contribution in [0.25, 0.3) is 0 Å². The lowest BCUT2D eigenvalue weighted by Gasteiger charge is -2.26. The van der Waals surface area contributed by atoms with Gasteiger partial charge in [0, 0.05) is 16.9 Å². The zero-order valence-corrected chi connectivity index (χ0v) is 12.6. The summed E-state index contributed by atoms with van der Waals surface area (Å²) in [6.07, 6.45) is 3.31. The van der Waals surface area contributed by atoms with Gasteiger partial charge in [0.15, 0.2) is 0 Å². The molecule has 1 N–H and O–H groups in total. The van der Waals surface area contributed by atoms with E-state index in [-0.39, 0.29) is 17.2 Å². The number of anilines is 1. The molecule has 18 heavy (non-hydrogen) atoms. The highest BCUT2D eigenvalue weighted by atomic mass is 79.9. The minimum absolute atomic E-state index is 0.132. The maximum Gasteiger partial charge on any atom is 0.228 e. The van der Waals surface area contributed by atoms with Gasteiger partial charge in [-0.15, -0.1) is 0 Å². The fraction of sp³-hybridized carbons (Fsp3) is 0.533. The fourth-order valence-electron chi connectivity index (χ4n) is 2.79. The summed E-state index contributed by atoms with van der Waals surface area (Å²) in [7, 11) is 0. The molecule has 1 aromatic carbocycles. The molecule has 1 saturated carbocycles. The van der Waals surface area contributed by atoms with Crippen LogP contribution in [0.5, 0.6) is 0 Å². The summed E-state index contributed by atoms with van der Waals surface area (Å²) in [6, 6.07) is 7.95. The molecule has 1 fully saturated rings.